The largest absolute Gasteiger partial charge is 2.00 e. The molecule has 10 heavy (non-hydrogen) atoms. The summed E-state index contributed by atoms with van der Waals surface area (Å²) in [5.74, 6) is 0.730. The van der Waals surface area contributed by atoms with E-state index in [2.05, 4.69) is 32.6 Å². The first-order chi connectivity index (χ1) is 4.20. The molecule has 2 heteroatoms. The quantitative estimate of drug-likeness (QED) is 0.713. The second-order valence-corrected chi connectivity index (χ2v) is 2.69. The summed E-state index contributed by atoms with van der Waals surface area (Å²) in [7, 11) is 0. The minimum absolute atomic E-state index is 0. The van der Waals surface area contributed by atoms with E-state index in [4.69, 9.17) is 0 Å². The van der Waals surface area contributed by atoms with Crippen LogP contribution in [0.4, 0.5) is 0 Å². The van der Waals surface area contributed by atoms with Crippen molar-refractivity contribution >= 4 is 0 Å². The third-order valence-electron chi connectivity index (χ3n) is 1.26. The Balaban J connectivity index is 0. The zero-order valence-corrected chi connectivity index (χ0v) is 9.90. The Bertz CT molecular complexity index is 60.3. The Kier molecular flexibility index (Phi) is 10.3. The Morgan fingerprint density at radius 1 is 1.20 bits per heavy atom. The normalized spacial score (nSPS) is 10.2. The summed E-state index contributed by atoms with van der Waals surface area (Å²) in [6.45, 7) is 14.9. The van der Waals surface area contributed by atoms with Crippen LogP contribution in [-0.4, -0.2) is 24.5 Å². The molecule has 0 amide bonds. The summed E-state index contributed by atoms with van der Waals surface area (Å²) in [4.78, 5) is 2.23. The van der Waals surface area contributed by atoms with Gasteiger partial charge in [-0.15, -0.1) is 13.1 Å². The fourth-order valence-corrected chi connectivity index (χ4v) is 0.811. The Hall–Kier alpha value is 0.648. The van der Waals surface area contributed by atoms with Crippen molar-refractivity contribution in [2.45, 2.75) is 13.8 Å². The van der Waals surface area contributed by atoms with Crippen molar-refractivity contribution in [3.63, 3.8) is 0 Å². The van der Waals surface area contributed by atoms with Crippen molar-refractivity contribution in [1.29, 1.82) is 0 Å². The van der Waals surface area contributed by atoms with E-state index in [-0.39, 0.29) is 21.1 Å². The molecule has 0 aliphatic carbocycles. The van der Waals surface area contributed by atoms with Crippen molar-refractivity contribution in [3.05, 3.63) is 13.8 Å². The molecular formula is C8H17NW. The average molecular weight is 311 g/mol. The maximum absolute atomic E-state index is 3.80. The standard InChI is InChI=1S/C8H17N.W/c1-5-9(6-2)7-8(3)4;/h8H,1-2,5-7H2,3-4H3;/q-2;+2. The summed E-state index contributed by atoms with van der Waals surface area (Å²) in [6, 6.07) is 0. The first-order valence-corrected chi connectivity index (χ1v) is 3.51. The van der Waals surface area contributed by atoms with Gasteiger partial charge in [0.25, 0.3) is 0 Å². The third-order valence-corrected chi connectivity index (χ3v) is 1.26. The monoisotopic (exact) mass is 311 g/mol. The molecule has 0 N–H and O–H groups in total. The number of nitrogens with zero attached hydrogens (tertiary/aromatic N) is 1. The smallest absolute Gasteiger partial charge is 0.362 e. The SMILES string of the molecule is [CH2-]CN(C[CH2-])CC(C)C.[W+2]. The van der Waals surface area contributed by atoms with Crippen LogP contribution in [0.1, 0.15) is 13.8 Å². The van der Waals surface area contributed by atoms with Gasteiger partial charge in [-0.3, -0.25) is 0 Å². The molecule has 0 bridgehead atoms. The van der Waals surface area contributed by atoms with Crippen molar-refractivity contribution < 1.29 is 21.1 Å². The van der Waals surface area contributed by atoms with Gasteiger partial charge in [-0.25, -0.2) is 0 Å². The zero-order chi connectivity index (χ0) is 7.28. The van der Waals surface area contributed by atoms with Gasteiger partial charge in [0.15, 0.2) is 0 Å². The summed E-state index contributed by atoms with van der Waals surface area (Å²) >= 11 is 0. The van der Waals surface area contributed by atoms with Crippen LogP contribution in [0.2, 0.25) is 0 Å². The fraction of sp³-hybridized carbons (Fsp3) is 0.750. The van der Waals surface area contributed by atoms with Crippen LogP contribution in [0.25, 0.3) is 0 Å². The number of rotatable bonds is 4. The Morgan fingerprint density at radius 2 is 1.60 bits per heavy atom. The minimum Gasteiger partial charge on any atom is -0.362 e. The summed E-state index contributed by atoms with van der Waals surface area (Å²) in [6.07, 6.45) is 0. The molecule has 0 aromatic heterocycles. The Labute approximate surface area is 79.4 Å². The summed E-state index contributed by atoms with van der Waals surface area (Å²) in [5, 5.41) is 0. The molecule has 0 unspecified atom stereocenters. The second kappa shape index (κ2) is 7.75. The molecule has 0 fully saturated rings. The Morgan fingerprint density at radius 3 is 1.70 bits per heavy atom. The number of hydrogen-bond acceptors (Lipinski definition) is 1. The van der Waals surface area contributed by atoms with Gasteiger partial charge < -0.3 is 18.7 Å². The topological polar surface area (TPSA) is 3.24 Å². The molecule has 60 valence electrons. The number of hydrogen-bond donors (Lipinski definition) is 0. The van der Waals surface area contributed by atoms with E-state index in [1.165, 1.54) is 0 Å². The molecule has 0 saturated heterocycles. The van der Waals surface area contributed by atoms with Crippen LogP contribution in [0, 0.1) is 19.8 Å². The minimum atomic E-state index is 0. The van der Waals surface area contributed by atoms with Crippen molar-refractivity contribution in [3.8, 4) is 0 Å². The van der Waals surface area contributed by atoms with Crippen molar-refractivity contribution in [2.75, 3.05) is 19.6 Å². The molecule has 0 aliphatic rings. The van der Waals surface area contributed by atoms with E-state index in [9.17, 15) is 0 Å². The van der Waals surface area contributed by atoms with Crippen molar-refractivity contribution in [2.24, 2.45) is 5.92 Å². The molecule has 0 aromatic carbocycles. The van der Waals surface area contributed by atoms with Gasteiger partial charge in [0.05, 0.1) is 0 Å². The van der Waals surface area contributed by atoms with Crippen LogP contribution >= 0.6 is 0 Å². The van der Waals surface area contributed by atoms with Crippen LogP contribution in [0.5, 0.6) is 0 Å². The summed E-state index contributed by atoms with van der Waals surface area (Å²) < 4.78 is 0. The summed E-state index contributed by atoms with van der Waals surface area (Å²) in [5.41, 5.74) is 0. The van der Waals surface area contributed by atoms with Gasteiger partial charge in [-0.1, -0.05) is 13.8 Å². The van der Waals surface area contributed by atoms with Crippen LogP contribution in [0.15, 0.2) is 0 Å². The van der Waals surface area contributed by atoms with Gasteiger partial charge in [0.2, 0.25) is 0 Å². The first-order valence-electron chi connectivity index (χ1n) is 3.51. The van der Waals surface area contributed by atoms with Crippen LogP contribution in [-0.2, 0) is 21.1 Å². The fourth-order valence-electron chi connectivity index (χ4n) is 0.811. The predicted molar refractivity (Wildman–Crippen MR) is 42.0 cm³/mol. The van der Waals surface area contributed by atoms with E-state index in [1.807, 2.05) is 0 Å². The van der Waals surface area contributed by atoms with E-state index >= 15 is 0 Å². The first kappa shape index (κ1) is 13.3. The molecule has 1 nitrogen and oxygen atoms in total. The second-order valence-electron chi connectivity index (χ2n) is 2.69. The average Bonchev–Trinajstić information content (AvgIpc) is 1.82. The van der Waals surface area contributed by atoms with Gasteiger partial charge in [-0.2, -0.15) is 0 Å². The maximum Gasteiger partial charge on any atom is 2.00 e. The molecule has 0 aromatic rings. The molecule has 0 radical (unpaired) electrons. The van der Waals surface area contributed by atoms with E-state index < -0.39 is 0 Å². The van der Waals surface area contributed by atoms with Gasteiger partial charge in [0, 0.05) is 0 Å². The molecule has 0 aliphatic heterocycles. The van der Waals surface area contributed by atoms with E-state index in [1.54, 1.807) is 0 Å². The van der Waals surface area contributed by atoms with Gasteiger partial charge >= 0.3 is 21.1 Å². The predicted octanol–water partition coefficient (Wildman–Crippen LogP) is 1.61. The third kappa shape index (κ3) is 6.76. The van der Waals surface area contributed by atoms with Crippen LogP contribution < -0.4 is 0 Å². The molecule has 0 atom stereocenters. The van der Waals surface area contributed by atoms with Crippen LogP contribution in [0.3, 0.4) is 0 Å². The van der Waals surface area contributed by atoms with Crippen molar-refractivity contribution in [1.82, 2.24) is 4.90 Å². The molecule has 0 rings (SSSR count). The molecule has 0 heterocycles. The molecule has 0 spiro atoms. The van der Waals surface area contributed by atoms with Gasteiger partial charge in [-0.05, 0) is 12.5 Å². The van der Waals surface area contributed by atoms with E-state index in [0.29, 0.717) is 0 Å². The molecule has 0 saturated carbocycles. The molecular weight excluding hydrogens is 294 g/mol. The maximum atomic E-state index is 3.80. The van der Waals surface area contributed by atoms with E-state index in [0.717, 1.165) is 25.6 Å². The van der Waals surface area contributed by atoms with Gasteiger partial charge in [0.1, 0.15) is 0 Å². The zero-order valence-electron chi connectivity index (χ0n) is 6.97.